The summed E-state index contributed by atoms with van der Waals surface area (Å²) in [5.74, 6) is 0. The topological polar surface area (TPSA) is 20.2 Å². The third kappa shape index (κ3) is 2.73. The number of hydrogen-bond donors (Lipinski definition) is 1. The van der Waals surface area contributed by atoms with Gasteiger partial charge < -0.3 is 5.11 Å². The number of halogens is 3. The number of hydrogen-bond acceptors (Lipinski definition) is 1. The van der Waals surface area contributed by atoms with Crippen LogP contribution in [0.5, 0.6) is 0 Å². The third-order valence-corrected chi connectivity index (χ3v) is 1.76. The molecule has 0 aliphatic rings. The van der Waals surface area contributed by atoms with Gasteiger partial charge >= 0.3 is 6.18 Å². The maximum absolute atomic E-state index is 12.4. The van der Waals surface area contributed by atoms with Crippen LogP contribution >= 0.6 is 0 Å². The fraction of sp³-hybridized carbons (Fsp3) is 0.300. The summed E-state index contributed by atoms with van der Waals surface area (Å²) in [6, 6.07) is 5.30. The van der Waals surface area contributed by atoms with E-state index in [4.69, 9.17) is 5.11 Å². The predicted octanol–water partition coefficient (Wildman–Crippen LogP) is 2.64. The van der Waals surface area contributed by atoms with E-state index < -0.39 is 11.7 Å². The molecule has 0 bridgehead atoms. The summed E-state index contributed by atoms with van der Waals surface area (Å²) in [6.07, 6.45) is -2.72. The smallest absolute Gasteiger partial charge is 0.396 e. The lowest BCUT2D eigenvalue weighted by molar-refractivity contribution is -0.138. The summed E-state index contributed by atoms with van der Waals surface area (Å²) < 4.78 is 37.2. The van der Waals surface area contributed by atoms with E-state index in [0.29, 0.717) is 0 Å². The quantitative estimate of drug-likeness (QED) is 0.800. The predicted molar refractivity (Wildman–Crippen MR) is 46.5 cm³/mol. The van der Waals surface area contributed by atoms with E-state index in [2.05, 4.69) is 0 Å². The average Bonchev–Trinajstić information content (AvgIpc) is 2.14. The van der Waals surface area contributed by atoms with Crippen molar-refractivity contribution in [2.24, 2.45) is 0 Å². The standard InChI is InChI=1S/C10H10F3O/c11-10(12,13)9-6-2-1-4-8(9)5-3-7-14/h1-2,4-6,14H,3,7H2. The van der Waals surface area contributed by atoms with Crippen molar-refractivity contribution in [3.63, 3.8) is 0 Å². The highest BCUT2D eigenvalue weighted by atomic mass is 19.4. The van der Waals surface area contributed by atoms with E-state index in [9.17, 15) is 13.2 Å². The van der Waals surface area contributed by atoms with E-state index in [0.717, 1.165) is 6.07 Å². The molecule has 0 unspecified atom stereocenters. The number of rotatable bonds is 3. The van der Waals surface area contributed by atoms with Crippen LogP contribution in [0.4, 0.5) is 13.2 Å². The summed E-state index contributed by atoms with van der Waals surface area (Å²) in [6.45, 7) is -0.147. The zero-order valence-electron chi connectivity index (χ0n) is 7.38. The van der Waals surface area contributed by atoms with Gasteiger partial charge in [0.2, 0.25) is 0 Å². The first-order valence-corrected chi connectivity index (χ1v) is 4.16. The highest BCUT2D eigenvalue weighted by Gasteiger charge is 2.32. The lowest BCUT2D eigenvalue weighted by Crippen LogP contribution is -2.08. The van der Waals surface area contributed by atoms with Crippen LogP contribution < -0.4 is 0 Å². The first-order chi connectivity index (χ1) is 6.55. The van der Waals surface area contributed by atoms with Gasteiger partial charge in [-0.2, -0.15) is 13.2 Å². The van der Waals surface area contributed by atoms with Crippen molar-refractivity contribution < 1.29 is 18.3 Å². The van der Waals surface area contributed by atoms with Crippen molar-refractivity contribution in [2.45, 2.75) is 12.6 Å². The minimum Gasteiger partial charge on any atom is -0.396 e. The Morgan fingerprint density at radius 3 is 2.43 bits per heavy atom. The van der Waals surface area contributed by atoms with Crippen molar-refractivity contribution in [1.29, 1.82) is 0 Å². The van der Waals surface area contributed by atoms with Gasteiger partial charge in [-0.1, -0.05) is 18.2 Å². The Morgan fingerprint density at radius 2 is 1.86 bits per heavy atom. The largest absolute Gasteiger partial charge is 0.416 e. The maximum Gasteiger partial charge on any atom is 0.416 e. The van der Waals surface area contributed by atoms with Crippen LogP contribution in [0.25, 0.3) is 0 Å². The second kappa shape index (κ2) is 4.46. The van der Waals surface area contributed by atoms with Gasteiger partial charge in [0.1, 0.15) is 0 Å². The molecule has 77 valence electrons. The van der Waals surface area contributed by atoms with Crippen LogP contribution in [-0.4, -0.2) is 11.7 Å². The molecule has 0 amide bonds. The summed E-state index contributed by atoms with van der Waals surface area (Å²) in [7, 11) is 0. The van der Waals surface area contributed by atoms with Crippen molar-refractivity contribution in [3.05, 3.63) is 41.8 Å². The second-order valence-corrected chi connectivity index (χ2v) is 2.80. The van der Waals surface area contributed by atoms with Crippen molar-refractivity contribution in [2.75, 3.05) is 6.61 Å². The molecule has 1 aromatic carbocycles. The average molecular weight is 203 g/mol. The summed E-state index contributed by atoms with van der Waals surface area (Å²) in [5, 5.41) is 8.51. The van der Waals surface area contributed by atoms with Gasteiger partial charge in [-0.3, -0.25) is 0 Å². The van der Waals surface area contributed by atoms with E-state index >= 15 is 0 Å². The van der Waals surface area contributed by atoms with Gasteiger partial charge in [0.25, 0.3) is 0 Å². The maximum atomic E-state index is 12.4. The minimum atomic E-state index is -4.33. The van der Waals surface area contributed by atoms with Crippen molar-refractivity contribution >= 4 is 0 Å². The van der Waals surface area contributed by atoms with Gasteiger partial charge in [-0.15, -0.1) is 0 Å². The van der Waals surface area contributed by atoms with Crippen LogP contribution in [0.1, 0.15) is 17.5 Å². The van der Waals surface area contributed by atoms with E-state index in [1.165, 1.54) is 18.6 Å². The molecule has 4 heteroatoms. The van der Waals surface area contributed by atoms with Crippen molar-refractivity contribution in [3.8, 4) is 0 Å². The number of aliphatic hydroxyl groups is 1. The van der Waals surface area contributed by atoms with Gasteiger partial charge in [-0.25, -0.2) is 0 Å². The van der Waals surface area contributed by atoms with Gasteiger partial charge in [-0.05, 0) is 24.5 Å². The lowest BCUT2D eigenvalue weighted by atomic mass is 10.0. The molecular formula is C10H10F3O. The van der Waals surface area contributed by atoms with E-state index in [1.807, 2.05) is 0 Å². The Kier molecular flexibility index (Phi) is 3.52. The molecule has 0 aromatic heterocycles. The molecule has 0 saturated carbocycles. The molecule has 0 heterocycles. The molecule has 1 aromatic rings. The molecule has 1 N–H and O–H groups in total. The van der Waals surface area contributed by atoms with Crippen LogP contribution in [-0.2, 0) is 6.18 Å². The molecule has 0 aliphatic heterocycles. The van der Waals surface area contributed by atoms with Gasteiger partial charge in [0.05, 0.1) is 5.56 Å². The normalized spacial score (nSPS) is 11.7. The fourth-order valence-corrected chi connectivity index (χ4v) is 1.15. The first kappa shape index (κ1) is 11.0. The molecule has 14 heavy (non-hydrogen) atoms. The molecule has 0 atom stereocenters. The van der Waals surface area contributed by atoms with Gasteiger partial charge in [0, 0.05) is 6.61 Å². The Labute approximate surface area is 80.2 Å². The Morgan fingerprint density at radius 1 is 1.21 bits per heavy atom. The van der Waals surface area contributed by atoms with Crippen LogP contribution in [0.3, 0.4) is 0 Å². The van der Waals surface area contributed by atoms with E-state index in [-0.39, 0.29) is 18.6 Å². The third-order valence-electron chi connectivity index (χ3n) is 1.76. The SMILES string of the molecule is OCC[CH]c1ccccc1C(F)(F)F. The highest BCUT2D eigenvalue weighted by Crippen LogP contribution is 2.32. The first-order valence-electron chi connectivity index (χ1n) is 4.16. The second-order valence-electron chi connectivity index (χ2n) is 2.80. The zero-order chi connectivity index (χ0) is 10.6. The molecular weight excluding hydrogens is 193 g/mol. The minimum absolute atomic E-state index is 0.119. The zero-order valence-corrected chi connectivity index (χ0v) is 7.38. The molecule has 0 spiro atoms. The Balaban J connectivity index is 2.92. The van der Waals surface area contributed by atoms with Crippen LogP contribution in [0, 0.1) is 6.42 Å². The van der Waals surface area contributed by atoms with Crippen molar-refractivity contribution in [1.82, 2.24) is 0 Å². The number of benzene rings is 1. The number of aliphatic hydroxyl groups excluding tert-OH is 1. The fourth-order valence-electron chi connectivity index (χ4n) is 1.15. The van der Waals surface area contributed by atoms with E-state index in [1.54, 1.807) is 6.07 Å². The van der Waals surface area contributed by atoms with Crippen LogP contribution in [0.15, 0.2) is 24.3 Å². The summed E-state index contributed by atoms with van der Waals surface area (Å²) in [4.78, 5) is 0. The Hall–Kier alpha value is -1.03. The molecule has 1 nitrogen and oxygen atoms in total. The highest BCUT2D eigenvalue weighted by molar-refractivity contribution is 5.34. The monoisotopic (exact) mass is 203 g/mol. The molecule has 1 radical (unpaired) electrons. The summed E-state index contributed by atoms with van der Waals surface area (Å²) >= 11 is 0. The van der Waals surface area contributed by atoms with Gasteiger partial charge in [0.15, 0.2) is 0 Å². The molecule has 0 fully saturated rings. The molecule has 0 aliphatic carbocycles. The molecule has 0 saturated heterocycles. The van der Waals surface area contributed by atoms with Crippen LogP contribution in [0.2, 0.25) is 0 Å². The summed E-state index contributed by atoms with van der Waals surface area (Å²) in [5.41, 5.74) is -0.539. The lowest BCUT2D eigenvalue weighted by Gasteiger charge is -2.11. The molecule has 1 rings (SSSR count). The number of alkyl halides is 3. The Bertz CT molecular complexity index is 294.